The molecule has 0 saturated carbocycles. The Morgan fingerprint density at radius 3 is 2.87 bits per heavy atom. The Morgan fingerprint density at radius 2 is 2.17 bits per heavy atom. The molecule has 1 aromatic heterocycles. The average Bonchev–Trinajstić information content (AvgIpc) is 3.10. The fourth-order valence-corrected chi connectivity index (χ4v) is 5.33. The van der Waals surface area contributed by atoms with Gasteiger partial charge in [-0.25, -0.2) is 4.99 Å². The highest BCUT2D eigenvalue weighted by Crippen LogP contribution is 2.48. The standard InChI is InChI=1S/C22H27IN6O/c1-12-13(9-27-25)5-4-6-14-15-7-18-16(8-17(15)28-20(12)14)22(2,3)21(30)29(18)19(23)10-26-11-24/h7-12,27-28H,4-6,25H2,1-3H3,(H2,24,26)/b13-9-,19-10+. The molecule has 2 aromatic rings. The minimum absolute atomic E-state index is 0.0386. The number of aryl methyl sites for hydroxylation is 1. The molecule has 4 rings (SSSR count). The number of nitrogens with one attached hydrogen (secondary N) is 2. The zero-order valence-corrected chi connectivity index (χ0v) is 19.6. The van der Waals surface area contributed by atoms with E-state index < -0.39 is 5.41 Å². The number of fused-ring (bicyclic) bond motifs is 4. The van der Waals surface area contributed by atoms with E-state index in [1.807, 2.05) is 20.0 Å². The SMILES string of the molecule is CC1/C(=C\NN)CCCc2c1[nH]c1cc3c(cc21)N(/C(I)=C/N=CN)C(=O)C3(C)C. The number of hydrogen-bond acceptors (Lipinski definition) is 4. The van der Waals surface area contributed by atoms with Crippen LogP contribution in [0.1, 0.15) is 56.4 Å². The van der Waals surface area contributed by atoms with Crippen LogP contribution in [0.25, 0.3) is 10.9 Å². The second kappa shape index (κ2) is 7.73. The van der Waals surface area contributed by atoms with Crippen LogP contribution in [0.4, 0.5) is 5.69 Å². The van der Waals surface area contributed by atoms with Gasteiger partial charge in [0.25, 0.3) is 0 Å². The minimum atomic E-state index is -0.622. The van der Waals surface area contributed by atoms with Gasteiger partial charge in [0.1, 0.15) is 3.70 Å². The van der Waals surface area contributed by atoms with E-state index in [0.717, 1.165) is 39.7 Å². The molecule has 0 fully saturated rings. The molecular formula is C22H27IN6O. The number of carbonyl (C=O) groups is 1. The molecule has 7 nitrogen and oxygen atoms in total. The largest absolute Gasteiger partial charge is 0.390 e. The van der Waals surface area contributed by atoms with Crippen LogP contribution in [-0.2, 0) is 16.6 Å². The number of anilines is 1. The third-order valence-electron chi connectivity index (χ3n) is 6.34. The molecule has 2 heterocycles. The van der Waals surface area contributed by atoms with E-state index >= 15 is 0 Å². The highest BCUT2D eigenvalue weighted by Gasteiger charge is 2.45. The lowest BCUT2D eigenvalue weighted by atomic mass is 9.85. The molecule has 1 unspecified atom stereocenters. The second-order valence-corrected chi connectivity index (χ2v) is 9.51. The van der Waals surface area contributed by atoms with E-state index in [0.29, 0.717) is 0 Å². The molecule has 1 aromatic carbocycles. The van der Waals surface area contributed by atoms with E-state index in [1.54, 1.807) is 11.1 Å². The van der Waals surface area contributed by atoms with Gasteiger partial charge >= 0.3 is 0 Å². The third kappa shape index (κ3) is 3.13. The maximum atomic E-state index is 13.3. The Labute approximate surface area is 189 Å². The summed E-state index contributed by atoms with van der Waals surface area (Å²) in [6.45, 7) is 6.16. The normalized spacial score (nSPS) is 22.6. The Hall–Kier alpha value is -2.33. The molecule has 0 bridgehead atoms. The first-order valence-corrected chi connectivity index (χ1v) is 11.2. The molecule has 1 aliphatic carbocycles. The maximum Gasteiger partial charge on any atom is 0.242 e. The Morgan fingerprint density at radius 1 is 1.40 bits per heavy atom. The summed E-state index contributed by atoms with van der Waals surface area (Å²) in [6.07, 6.45) is 7.82. The fraction of sp³-hybridized carbons (Fsp3) is 0.364. The lowest BCUT2D eigenvalue weighted by molar-refractivity contribution is -0.121. The highest BCUT2D eigenvalue weighted by atomic mass is 127. The number of hydrogen-bond donors (Lipinski definition) is 4. The van der Waals surface area contributed by atoms with Gasteiger partial charge < -0.3 is 16.1 Å². The average molecular weight is 518 g/mol. The van der Waals surface area contributed by atoms with Crippen molar-refractivity contribution >= 4 is 51.4 Å². The number of hydrazine groups is 1. The van der Waals surface area contributed by atoms with Gasteiger partial charge in [-0.2, -0.15) is 0 Å². The van der Waals surface area contributed by atoms with E-state index in [4.69, 9.17) is 11.6 Å². The van der Waals surface area contributed by atoms with Crippen molar-refractivity contribution in [2.45, 2.75) is 51.4 Å². The quantitative estimate of drug-likeness (QED) is 0.0942. The van der Waals surface area contributed by atoms with Crippen LogP contribution in [0.5, 0.6) is 0 Å². The highest BCUT2D eigenvalue weighted by molar-refractivity contribution is 14.1. The summed E-state index contributed by atoms with van der Waals surface area (Å²) in [4.78, 5) is 22.7. The summed E-state index contributed by atoms with van der Waals surface area (Å²) in [6, 6.07) is 4.30. The van der Waals surface area contributed by atoms with Crippen LogP contribution >= 0.6 is 22.6 Å². The third-order valence-corrected chi connectivity index (χ3v) is 7.10. The lowest BCUT2D eigenvalue weighted by Gasteiger charge is -2.19. The van der Waals surface area contributed by atoms with Crippen LogP contribution in [0.3, 0.4) is 0 Å². The number of nitrogens with two attached hydrogens (primary N) is 2. The van der Waals surface area contributed by atoms with Gasteiger partial charge in [0, 0.05) is 28.7 Å². The zero-order valence-electron chi connectivity index (χ0n) is 17.4. The first-order valence-electron chi connectivity index (χ1n) is 10.1. The van der Waals surface area contributed by atoms with Crippen molar-refractivity contribution in [2.75, 3.05) is 4.90 Å². The number of H-pyrrole nitrogens is 1. The number of aliphatic imine (C=N–C) groups is 1. The number of rotatable bonds is 3. The second-order valence-electron chi connectivity index (χ2n) is 8.41. The number of nitrogens with zero attached hydrogens (tertiary/aromatic N) is 2. The first kappa shape index (κ1) is 20.9. The van der Waals surface area contributed by atoms with E-state index in [-0.39, 0.29) is 11.8 Å². The zero-order chi connectivity index (χ0) is 21.6. The van der Waals surface area contributed by atoms with Crippen molar-refractivity contribution in [3.63, 3.8) is 0 Å². The topological polar surface area (TPSA) is 113 Å². The Balaban J connectivity index is 1.92. The van der Waals surface area contributed by atoms with Gasteiger partial charge in [0.2, 0.25) is 5.91 Å². The molecule has 30 heavy (non-hydrogen) atoms. The molecule has 1 atom stereocenters. The molecule has 1 aliphatic heterocycles. The van der Waals surface area contributed by atoms with Crippen molar-refractivity contribution in [2.24, 2.45) is 16.6 Å². The van der Waals surface area contributed by atoms with Crippen LogP contribution < -0.4 is 21.9 Å². The van der Waals surface area contributed by atoms with Crippen molar-refractivity contribution in [3.05, 3.63) is 50.6 Å². The fourth-order valence-electron chi connectivity index (χ4n) is 4.69. The number of amides is 1. The summed E-state index contributed by atoms with van der Waals surface area (Å²) < 4.78 is 0.722. The number of aromatic nitrogens is 1. The lowest BCUT2D eigenvalue weighted by Crippen LogP contribution is -2.34. The van der Waals surface area contributed by atoms with Crippen LogP contribution in [-0.4, -0.2) is 17.2 Å². The van der Waals surface area contributed by atoms with Gasteiger partial charge in [-0.3, -0.25) is 15.5 Å². The molecule has 158 valence electrons. The molecular weight excluding hydrogens is 491 g/mol. The van der Waals surface area contributed by atoms with Crippen LogP contribution in [0.15, 0.2) is 38.8 Å². The van der Waals surface area contributed by atoms with E-state index in [9.17, 15) is 4.79 Å². The number of carbonyl (C=O) groups excluding carboxylic acids is 1. The predicted octanol–water partition coefficient (Wildman–Crippen LogP) is 3.80. The first-order chi connectivity index (χ1) is 14.3. The number of benzene rings is 1. The predicted molar refractivity (Wildman–Crippen MR) is 130 cm³/mol. The molecule has 0 spiro atoms. The molecule has 8 heteroatoms. The van der Waals surface area contributed by atoms with E-state index in [2.05, 4.69) is 57.0 Å². The summed E-state index contributed by atoms with van der Waals surface area (Å²) in [5.74, 6) is 5.85. The maximum absolute atomic E-state index is 13.3. The number of aromatic amines is 1. The van der Waals surface area contributed by atoms with E-state index in [1.165, 1.54) is 28.6 Å². The van der Waals surface area contributed by atoms with Crippen molar-refractivity contribution in [1.82, 2.24) is 10.4 Å². The van der Waals surface area contributed by atoms with Crippen molar-refractivity contribution in [1.29, 1.82) is 0 Å². The number of allylic oxidation sites excluding steroid dienone is 1. The summed E-state index contributed by atoms with van der Waals surface area (Å²) in [5.41, 5.74) is 14.3. The Bertz CT molecular complexity index is 1110. The summed E-state index contributed by atoms with van der Waals surface area (Å²) >= 11 is 2.15. The summed E-state index contributed by atoms with van der Waals surface area (Å²) in [7, 11) is 0. The van der Waals surface area contributed by atoms with Crippen molar-refractivity contribution in [3.8, 4) is 0 Å². The van der Waals surface area contributed by atoms with Gasteiger partial charge in [-0.05, 0) is 84.5 Å². The molecule has 0 radical (unpaired) electrons. The smallest absolute Gasteiger partial charge is 0.242 e. The van der Waals surface area contributed by atoms with Crippen LogP contribution in [0.2, 0.25) is 0 Å². The monoisotopic (exact) mass is 518 g/mol. The van der Waals surface area contributed by atoms with Crippen molar-refractivity contribution < 1.29 is 4.79 Å². The van der Waals surface area contributed by atoms with Gasteiger partial charge in [-0.15, -0.1) is 0 Å². The number of halogens is 1. The molecule has 2 aliphatic rings. The Kier molecular flexibility index (Phi) is 5.39. The molecule has 0 saturated heterocycles. The van der Waals surface area contributed by atoms with Gasteiger partial charge in [0.15, 0.2) is 0 Å². The molecule has 1 amide bonds. The minimum Gasteiger partial charge on any atom is -0.390 e. The van der Waals surface area contributed by atoms with Crippen LogP contribution in [0, 0.1) is 0 Å². The van der Waals surface area contributed by atoms with Gasteiger partial charge in [0.05, 0.1) is 23.6 Å². The molecule has 6 N–H and O–H groups in total. The van der Waals surface area contributed by atoms with Gasteiger partial charge in [-0.1, -0.05) is 6.92 Å². The summed E-state index contributed by atoms with van der Waals surface area (Å²) in [5, 5.41) is 1.18.